The van der Waals surface area contributed by atoms with E-state index in [2.05, 4.69) is 39.1 Å². The second-order valence-electron chi connectivity index (χ2n) is 12.8. The maximum absolute atomic E-state index is 12.9. The number of pyridine rings is 1. The van der Waals surface area contributed by atoms with Gasteiger partial charge < -0.3 is 19.5 Å². The summed E-state index contributed by atoms with van der Waals surface area (Å²) in [5.41, 5.74) is 9.77. The molecule has 0 fully saturated rings. The predicted molar refractivity (Wildman–Crippen MR) is 171 cm³/mol. The zero-order valence-corrected chi connectivity index (χ0v) is 26.4. The van der Waals surface area contributed by atoms with Crippen molar-refractivity contribution in [3.63, 3.8) is 0 Å². The first-order chi connectivity index (χ1) is 21.0. The molecule has 2 aliphatic rings. The molecule has 1 N–H and O–H groups in total. The Morgan fingerprint density at radius 2 is 1.68 bits per heavy atom. The lowest BCUT2D eigenvalue weighted by molar-refractivity contribution is -0.160. The minimum absolute atomic E-state index is 0.590. The van der Waals surface area contributed by atoms with Gasteiger partial charge in [0.05, 0.1) is 12.2 Å². The normalized spacial score (nSPS) is 15.3. The second-order valence-corrected chi connectivity index (χ2v) is 12.8. The topological polar surface area (TPSA) is 97.7 Å². The fourth-order valence-electron chi connectivity index (χ4n) is 6.46. The van der Waals surface area contributed by atoms with Gasteiger partial charge in [0.15, 0.2) is 6.10 Å². The van der Waals surface area contributed by atoms with Gasteiger partial charge in [-0.25, -0.2) is 14.8 Å². The Morgan fingerprint density at radius 3 is 2.43 bits per heavy atom. The zero-order chi connectivity index (χ0) is 31.2. The fourth-order valence-corrected chi connectivity index (χ4v) is 6.46. The number of fused-ring (bicyclic) bond motifs is 2. The highest BCUT2D eigenvalue weighted by molar-refractivity contribution is 5.91. The molecule has 8 heteroatoms. The van der Waals surface area contributed by atoms with Crippen LogP contribution in [0.1, 0.15) is 72.6 Å². The molecule has 0 radical (unpaired) electrons. The summed E-state index contributed by atoms with van der Waals surface area (Å²) in [5.74, 6) is 0.795. The number of carbonyl (C=O) groups is 1. The quantitative estimate of drug-likeness (QED) is 0.257. The number of anilines is 1. The van der Waals surface area contributed by atoms with Crippen LogP contribution in [-0.2, 0) is 28.9 Å². The van der Waals surface area contributed by atoms with Crippen molar-refractivity contribution in [2.75, 3.05) is 18.1 Å². The van der Waals surface area contributed by atoms with E-state index in [1.165, 1.54) is 11.1 Å². The summed E-state index contributed by atoms with van der Waals surface area (Å²) in [7, 11) is 0. The average molecular weight is 593 g/mol. The number of benzene rings is 2. The van der Waals surface area contributed by atoms with Gasteiger partial charge in [0.2, 0.25) is 0 Å². The molecular weight excluding hydrogens is 552 g/mol. The Labute approximate surface area is 259 Å². The molecule has 2 aromatic carbocycles. The molecule has 44 heavy (non-hydrogen) atoms. The van der Waals surface area contributed by atoms with Gasteiger partial charge in [0.25, 0.3) is 0 Å². The lowest BCUT2D eigenvalue weighted by Gasteiger charge is -2.31. The van der Waals surface area contributed by atoms with E-state index in [0.29, 0.717) is 17.9 Å². The van der Waals surface area contributed by atoms with Crippen molar-refractivity contribution in [2.45, 2.75) is 79.1 Å². The van der Waals surface area contributed by atoms with Gasteiger partial charge in [-0.1, -0.05) is 24.3 Å². The summed E-state index contributed by atoms with van der Waals surface area (Å²) in [6.07, 6.45) is 3.17. The molecule has 0 amide bonds. The van der Waals surface area contributed by atoms with Crippen LogP contribution in [0.3, 0.4) is 0 Å². The Balaban J connectivity index is 1.51. The van der Waals surface area contributed by atoms with Gasteiger partial charge in [0.1, 0.15) is 17.9 Å². The Bertz CT molecular complexity index is 1740. The summed E-state index contributed by atoms with van der Waals surface area (Å²) in [6.45, 7) is 13.8. The molecule has 2 aromatic heterocycles. The molecule has 0 unspecified atom stereocenters. The fraction of sp³-hybridized carbons (Fsp3) is 0.389. The molecule has 0 bridgehead atoms. The third kappa shape index (κ3) is 5.91. The molecule has 4 aromatic rings. The number of hydrogen-bond acceptors (Lipinski definition) is 7. The average Bonchev–Trinajstić information content (AvgIpc) is 2.98. The minimum Gasteiger partial charge on any atom is -0.493 e. The Hall–Kier alpha value is -4.30. The van der Waals surface area contributed by atoms with Crippen molar-refractivity contribution >= 4 is 11.8 Å². The maximum Gasteiger partial charge on any atom is 0.337 e. The summed E-state index contributed by atoms with van der Waals surface area (Å²) >= 11 is 0. The number of carboxylic acid groups (broad SMARTS) is 1. The highest BCUT2D eigenvalue weighted by atomic mass is 16.5. The monoisotopic (exact) mass is 592 g/mol. The lowest BCUT2D eigenvalue weighted by atomic mass is 9.84. The number of ether oxygens (including phenoxy) is 2. The van der Waals surface area contributed by atoms with Crippen LogP contribution >= 0.6 is 0 Å². The van der Waals surface area contributed by atoms with Crippen molar-refractivity contribution in [1.29, 1.82) is 0 Å². The highest BCUT2D eigenvalue weighted by Gasteiger charge is 2.34. The largest absolute Gasteiger partial charge is 0.493 e. The van der Waals surface area contributed by atoms with Crippen LogP contribution in [0.15, 0.2) is 48.8 Å². The molecule has 0 saturated heterocycles. The van der Waals surface area contributed by atoms with Crippen LogP contribution in [-0.4, -0.2) is 44.8 Å². The van der Waals surface area contributed by atoms with Gasteiger partial charge in [-0.15, -0.1) is 0 Å². The predicted octanol–water partition coefficient (Wildman–Crippen LogP) is 6.96. The van der Waals surface area contributed by atoms with Gasteiger partial charge in [-0.3, -0.25) is 4.98 Å². The summed E-state index contributed by atoms with van der Waals surface area (Å²) in [4.78, 5) is 28.8. The number of hydrogen-bond donors (Lipinski definition) is 1. The molecule has 0 spiro atoms. The summed E-state index contributed by atoms with van der Waals surface area (Å²) in [5, 5.41) is 10.5. The van der Waals surface area contributed by atoms with Crippen molar-refractivity contribution in [1.82, 2.24) is 15.0 Å². The van der Waals surface area contributed by atoms with E-state index in [4.69, 9.17) is 14.5 Å². The highest BCUT2D eigenvalue weighted by Crippen LogP contribution is 2.44. The second kappa shape index (κ2) is 11.7. The van der Waals surface area contributed by atoms with E-state index in [1.807, 2.05) is 59.7 Å². The third-order valence-electron chi connectivity index (χ3n) is 8.38. The maximum atomic E-state index is 12.9. The molecule has 228 valence electrons. The van der Waals surface area contributed by atoms with Crippen molar-refractivity contribution < 1.29 is 19.4 Å². The first-order valence-electron chi connectivity index (χ1n) is 15.3. The molecule has 0 aliphatic carbocycles. The minimum atomic E-state index is -1.19. The molecule has 1 atom stereocenters. The third-order valence-corrected chi connectivity index (χ3v) is 8.38. The molecule has 4 heterocycles. The van der Waals surface area contributed by atoms with Crippen LogP contribution in [0, 0.1) is 20.8 Å². The molecule has 6 rings (SSSR count). The standard InChI is InChI=1S/C36H40N4O4/c1-21-16-30(38-20-37-21)40-14-13-24-17-26(9-10-28(24)19-40)31-22(2)39-23(3)32(34(35(41)42)44-36(4,5)6)33(31)27-11-12-29-25(18-27)8-7-15-43-29/h9-12,16-18,20,34H,7-8,13-15,19H2,1-6H3,(H,41,42)/t34-/m0/s1. The van der Waals surface area contributed by atoms with E-state index in [-0.39, 0.29) is 0 Å². The van der Waals surface area contributed by atoms with E-state index in [1.54, 1.807) is 6.33 Å². The van der Waals surface area contributed by atoms with E-state index >= 15 is 0 Å². The summed E-state index contributed by atoms with van der Waals surface area (Å²) < 4.78 is 12.2. The van der Waals surface area contributed by atoms with Gasteiger partial charge in [-0.2, -0.15) is 0 Å². The van der Waals surface area contributed by atoms with Crippen LogP contribution in [0.2, 0.25) is 0 Å². The van der Waals surface area contributed by atoms with Crippen molar-refractivity contribution in [3.05, 3.63) is 88.1 Å². The van der Waals surface area contributed by atoms with Gasteiger partial charge in [-0.05, 0) is 106 Å². The van der Waals surface area contributed by atoms with Crippen molar-refractivity contribution in [3.8, 4) is 28.0 Å². The molecule has 0 saturated carbocycles. The van der Waals surface area contributed by atoms with E-state index in [9.17, 15) is 9.90 Å². The number of rotatable bonds is 6. The Kier molecular flexibility index (Phi) is 7.88. The van der Waals surface area contributed by atoms with Gasteiger partial charge in [0, 0.05) is 47.4 Å². The van der Waals surface area contributed by atoms with E-state index < -0.39 is 17.7 Å². The van der Waals surface area contributed by atoms with Crippen LogP contribution in [0.5, 0.6) is 5.75 Å². The summed E-state index contributed by atoms with van der Waals surface area (Å²) in [6, 6.07) is 14.8. The number of nitrogens with zero attached hydrogens (tertiary/aromatic N) is 4. The van der Waals surface area contributed by atoms with Crippen LogP contribution < -0.4 is 9.64 Å². The first kappa shape index (κ1) is 29.8. The number of carboxylic acids is 1. The molecule has 2 aliphatic heterocycles. The number of aromatic nitrogens is 3. The molecule has 8 nitrogen and oxygen atoms in total. The number of aliphatic carboxylic acids is 1. The van der Waals surface area contributed by atoms with Crippen molar-refractivity contribution in [2.24, 2.45) is 0 Å². The van der Waals surface area contributed by atoms with Crippen LogP contribution in [0.4, 0.5) is 5.82 Å². The smallest absolute Gasteiger partial charge is 0.337 e. The zero-order valence-electron chi connectivity index (χ0n) is 26.4. The first-order valence-corrected chi connectivity index (χ1v) is 15.3. The lowest BCUT2D eigenvalue weighted by Crippen LogP contribution is -2.31. The Morgan fingerprint density at radius 1 is 0.932 bits per heavy atom. The van der Waals surface area contributed by atoms with E-state index in [0.717, 1.165) is 83.1 Å². The molecular formula is C36H40N4O4. The van der Waals surface area contributed by atoms with Crippen LogP contribution in [0.25, 0.3) is 22.3 Å². The SMILES string of the molecule is Cc1cc(N2CCc3cc(-c4c(C)nc(C)c([C@H](OC(C)(C)C)C(=O)O)c4-c4ccc5c(c4)CCCO5)ccc3C2)ncn1. The van der Waals surface area contributed by atoms with Gasteiger partial charge >= 0.3 is 5.97 Å². The number of aryl methyl sites for hydroxylation is 4.